The van der Waals surface area contributed by atoms with E-state index in [4.69, 9.17) is 21.5 Å². The molecule has 0 atom stereocenters. The number of amides is 1. The monoisotopic (exact) mass is 375 g/mol. The van der Waals surface area contributed by atoms with Gasteiger partial charge in [0.25, 0.3) is 5.91 Å². The number of hydrogen-bond donors (Lipinski definition) is 3. The molecule has 0 radical (unpaired) electrons. The second-order valence-electron chi connectivity index (χ2n) is 5.75. The Balaban J connectivity index is 1.70. The zero-order chi connectivity index (χ0) is 18.5. The molecule has 1 aliphatic heterocycles. The normalized spacial score (nSPS) is 14.8. The first-order valence-corrected chi connectivity index (χ1v) is 8.37. The maximum Gasteiger partial charge on any atom is 0.253 e. The van der Waals surface area contributed by atoms with Gasteiger partial charge in [0, 0.05) is 40.6 Å². The first-order valence-electron chi connectivity index (χ1n) is 7.99. The second kappa shape index (κ2) is 8.07. The van der Waals surface area contributed by atoms with Gasteiger partial charge in [-0.25, -0.2) is 0 Å². The van der Waals surface area contributed by atoms with Crippen molar-refractivity contribution in [1.82, 2.24) is 0 Å². The maximum atomic E-state index is 11.9. The lowest BCUT2D eigenvalue weighted by molar-refractivity contribution is -0.125. The number of phenolic OH excluding ortho intramolecular Hbond substituents is 1. The Hall–Kier alpha value is -2.77. The summed E-state index contributed by atoms with van der Waals surface area (Å²) in [5.41, 5.74) is 2.54. The first-order chi connectivity index (χ1) is 12.6. The highest BCUT2D eigenvalue weighted by Crippen LogP contribution is 2.27. The minimum atomic E-state index is -0.0566. The van der Waals surface area contributed by atoms with E-state index in [1.165, 1.54) is 6.07 Å². The number of aromatic hydroxyl groups is 1. The molecule has 1 heterocycles. The van der Waals surface area contributed by atoms with Crippen LogP contribution < -0.4 is 10.2 Å². The van der Waals surface area contributed by atoms with Crippen LogP contribution in [0.2, 0.25) is 5.02 Å². The molecule has 1 amide bonds. The predicted octanol–water partition coefficient (Wildman–Crippen LogP) is 2.83. The number of oxime groups is 1. The predicted molar refractivity (Wildman–Crippen MR) is 99.4 cm³/mol. The molecule has 1 fully saturated rings. The molecule has 26 heavy (non-hydrogen) atoms. The number of carbonyl (C=O) groups is 1. The van der Waals surface area contributed by atoms with E-state index < -0.39 is 0 Å². The van der Waals surface area contributed by atoms with Crippen molar-refractivity contribution in [3.05, 3.63) is 52.5 Å². The third-order valence-corrected chi connectivity index (χ3v) is 4.25. The molecule has 136 valence electrons. The van der Waals surface area contributed by atoms with Gasteiger partial charge in [-0.3, -0.25) is 4.79 Å². The summed E-state index contributed by atoms with van der Waals surface area (Å²) < 4.78 is 5.13. The lowest BCUT2D eigenvalue weighted by atomic mass is 10.1. The van der Waals surface area contributed by atoms with E-state index >= 15 is 0 Å². The number of rotatable bonds is 5. The Labute approximate surface area is 155 Å². The Morgan fingerprint density at radius 3 is 2.77 bits per heavy atom. The van der Waals surface area contributed by atoms with Gasteiger partial charge >= 0.3 is 0 Å². The van der Waals surface area contributed by atoms with Gasteiger partial charge in [0.05, 0.1) is 12.8 Å². The molecule has 0 unspecified atom stereocenters. The third kappa shape index (κ3) is 4.07. The van der Waals surface area contributed by atoms with Crippen molar-refractivity contribution < 1.29 is 19.8 Å². The summed E-state index contributed by atoms with van der Waals surface area (Å²) in [5, 5.41) is 25.4. The number of nitrogens with one attached hydrogen (secondary N) is 1. The molecule has 2 aromatic rings. The highest BCUT2D eigenvalue weighted by atomic mass is 35.5. The molecule has 0 saturated carbocycles. The van der Waals surface area contributed by atoms with Crippen LogP contribution in [0.15, 0.2) is 41.6 Å². The molecule has 0 spiro atoms. The summed E-state index contributed by atoms with van der Waals surface area (Å²) in [4.78, 5) is 13.6. The fourth-order valence-corrected chi connectivity index (χ4v) is 2.97. The quantitative estimate of drug-likeness (QED) is 0.424. The molecule has 0 bridgehead atoms. The Bertz CT molecular complexity index is 824. The van der Waals surface area contributed by atoms with Crippen molar-refractivity contribution in [2.45, 2.75) is 6.54 Å². The van der Waals surface area contributed by atoms with E-state index in [-0.39, 0.29) is 18.3 Å². The number of benzene rings is 2. The van der Waals surface area contributed by atoms with Gasteiger partial charge in [-0.2, -0.15) is 0 Å². The average molecular weight is 376 g/mol. The number of ether oxygens (including phenoxy) is 1. The number of nitrogens with zero attached hydrogens (tertiary/aromatic N) is 2. The van der Waals surface area contributed by atoms with Crippen LogP contribution in [-0.4, -0.2) is 42.2 Å². The van der Waals surface area contributed by atoms with Crippen LogP contribution in [0.5, 0.6) is 5.75 Å². The van der Waals surface area contributed by atoms with Crippen LogP contribution in [0.1, 0.15) is 11.1 Å². The van der Waals surface area contributed by atoms with Gasteiger partial charge in [-0.15, -0.1) is 0 Å². The highest BCUT2D eigenvalue weighted by molar-refractivity contribution is 6.31. The molecule has 7 nitrogen and oxygen atoms in total. The van der Waals surface area contributed by atoms with E-state index in [0.717, 1.165) is 17.6 Å². The number of halogens is 1. The maximum absolute atomic E-state index is 11.9. The van der Waals surface area contributed by atoms with Crippen molar-refractivity contribution in [2.24, 2.45) is 5.16 Å². The lowest BCUT2D eigenvalue weighted by Gasteiger charge is -2.27. The summed E-state index contributed by atoms with van der Waals surface area (Å²) in [6.45, 7) is 1.50. The molecule has 3 rings (SSSR count). The largest absolute Gasteiger partial charge is 0.507 e. The molecule has 1 aliphatic rings. The van der Waals surface area contributed by atoms with Crippen LogP contribution in [-0.2, 0) is 16.1 Å². The summed E-state index contributed by atoms with van der Waals surface area (Å²) in [6, 6.07) is 10.6. The fraction of sp³-hybridized carbons (Fsp3) is 0.222. The molecular weight excluding hydrogens is 358 g/mol. The van der Waals surface area contributed by atoms with Gasteiger partial charge in [-0.05, 0) is 36.4 Å². The summed E-state index contributed by atoms with van der Waals surface area (Å²) >= 11 is 6.03. The van der Waals surface area contributed by atoms with E-state index in [2.05, 4.69) is 10.5 Å². The zero-order valence-corrected chi connectivity index (χ0v) is 14.6. The first kappa shape index (κ1) is 18.0. The van der Waals surface area contributed by atoms with Gasteiger partial charge in [0.15, 0.2) is 0 Å². The molecule has 2 aromatic carbocycles. The third-order valence-electron chi connectivity index (χ3n) is 4.03. The van der Waals surface area contributed by atoms with Crippen LogP contribution in [0, 0.1) is 0 Å². The zero-order valence-electron chi connectivity index (χ0n) is 13.9. The lowest BCUT2D eigenvalue weighted by Crippen LogP contribution is -2.41. The van der Waals surface area contributed by atoms with Crippen LogP contribution in [0.25, 0.3) is 0 Å². The minimum Gasteiger partial charge on any atom is -0.507 e. The van der Waals surface area contributed by atoms with Crippen molar-refractivity contribution in [3.63, 3.8) is 0 Å². The summed E-state index contributed by atoms with van der Waals surface area (Å²) in [6.07, 6.45) is 1.12. The van der Waals surface area contributed by atoms with Gasteiger partial charge in [-0.1, -0.05) is 16.8 Å². The standard InChI is InChI=1S/C18H18ClN3O4/c19-14-7-12(18(24)13(8-14)10-21-25)9-20-15-1-3-16(4-2-15)22-5-6-26-11-17(22)23/h1-4,7-8,10,20,24-25H,5-6,9,11H2/b21-10+. The summed E-state index contributed by atoms with van der Waals surface area (Å²) in [7, 11) is 0. The summed E-state index contributed by atoms with van der Waals surface area (Å²) in [5.74, 6) is -0.0610. The van der Waals surface area contributed by atoms with E-state index in [9.17, 15) is 9.90 Å². The van der Waals surface area contributed by atoms with Crippen molar-refractivity contribution in [2.75, 3.05) is 30.0 Å². The van der Waals surface area contributed by atoms with Crippen molar-refractivity contribution in [3.8, 4) is 5.75 Å². The SMILES string of the molecule is O=C1COCCN1c1ccc(NCc2cc(Cl)cc(/C=N/O)c2O)cc1. The van der Waals surface area contributed by atoms with Crippen LogP contribution >= 0.6 is 11.6 Å². The highest BCUT2D eigenvalue weighted by Gasteiger charge is 2.19. The Morgan fingerprint density at radius 2 is 2.08 bits per heavy atom. The molecular formula is C18H18ClN3O4. The number of anilines is 2. The topological polar surface area (TPSA) is 94.4 Å². The molecule has 0 aromatic heterocycles. The minimum absolute atomic E-state index is 0.00441. The average Bonchev–Trinajstić information content (AvgIpc) is 2.64. The molecule has 1 saturated heterocycles. The van der Waals surface area contributed by atoms with Crippen LogP contribution in [0.4, 0.5) is 11.4 Å². The number of phenols is 1. The van der Waals surface area contributed by atoms with Gasteiger partial charge < -0.3 is 25.3 Å². The van der Waals surface area contributed by atoms with Gasteiger partial charge in [0.1, 0.15) is 12.4 Å². The van der Waals surface area contributed by atoms with E-state index in [1.54, 1.807) is 11.0 Å². The Kier molecular flexibility index (Phi) is 5.60. The molecule has 3 N–H and O–H groups in total. The van der Waals surface area contributed by atoms with Crippen molar-refractivity contribution >= 4 is 35.1 Å². The molecule has 0 aliphatic carbocycles. The Morgan fingerprint density at radius 1 is 1.31 bits per heavy atom. The van der Waals surface area contributed by atoms with E-state index in [0.29, 0.717) is 35.8 Å². The van der Waals surface area contributed by atoms with Crippen LogP contribution in [0.3, 0.4) is 0 Å². The van der Waals surface area contributed by atoms with Crippen molar-refractivity contribution in [1.29, 1.82) is 0 Å². The second-order valence-corrected chi connectivity index (χ2v) is 6.18. The molecule has 8 heteroatoms. The number of morpholine rings is 1. The number of carbonyl (C=O) groups excluding carboxylic acids is 1. The smallest absolute Gasteiger partial charge is 0.253 e. The number of hydrogen-bond acceptors (Lipinski definition) is 6. The van der Waals surface area contributed by atoms with Gasteiger partial charge in [0.2, 0.25) is 0 Å². The van der Waals surface area contributed by atoms with E-state index in [1.807, 2.05) is 24.3 Å². The fourth-order valence-electron chi connectivity index (χ4n) is 2.72.